The van der Waals surface area contributed by atoms with Crippen molar-refractivity contribution in [2.24, 2.45) is 7.05 Å². The lowest BCUT2D eigenvalue weighted by atomic mass is 10.2. The van der Waals surface area contributed by atoms with Crippen molar-refractivity contribution in [1.29, 1.82) is 0 Å². The van der Waals surface area contributed by atoms with Crippen LogP contribution in [0.4, 0.5) is 0 Å². The van der Waals surface area contributed by atoms with E-state index in [0.29, 0.717) is 0 Å². The molecule has 6 heteroatoms. The largest absolute Gasteiger partial charge is 0.497 e. The highest BCUT2D eigenvalue weighted by molar-refractivity contribution is 5.91. The molecule has 0 saturated carbocycles. The Morgan fingerprint density at radius 1 is 1.28 bits per heavy atom. The lowest BCUT2D eigenvalue weighted by Gasteiger charge is -2.34. The molecule has 0 N–H and O–H groups in total. The van der Waals surface area contributed by atoms with E-state index in [9.17, 15) is 4.79 Å². The molecule has 0 radical (unpaired) electrons. The van der Waals surface area contributed by atoms with Gasteiger partial charge in [-0.05, 0) is 23.8 Å². The Balaban J connectivity index is 1.49. The van der Waals surface area contributed by atoms with Gasteiger partial charge < -0.3 is 9.64 Å². The number of piperazine rings is 1. The number of aromatic nitrogens is 2. The number of carbonyl (C=O) groups is 1. The van der Waals surface area contributed by atoms with Gasteiger partial charge in [0.1, 0.15) is 5.75 Å². The maximum absolute atomic E-state index is 12.3. The SMILES string of the molecule is COc1cccc(CN2CCN(C(=O)/C=C/c3cnn(C)c3)CC2)c1. The molecule has 0 unspecified atom stereocenters. The van der Waals surface area contributed by atoms with Gasteiger partial charge in [0.05, 0.1) is 13.3 Å². The predicted molar refractivity (Wildman–Crippen MR) is 97.1 cm³/mol. The minimum Gasteiger partial charge on any atom is -0.497 e. The molecule has 1 amide bonds. The van der Waals surface area contributed by atoms with E-state index in [1.165, 1.54) is 5.56 Å². The zero-order valence-corrected chi connectivity index (χ0v) is 14.8. The first-order valence-electron chi connectivity index (χ1n) is 8.45. The maximum Gasteiger partial charge on any atom is 0.246 e. The minimum absolute atomic E-state index is 0.0601. The molecule has 0 aliphatic carbocycles. The second-order valence-corrected chi connectivity index (χ2v) is 6.23. The lowest BCUT2D eigenvalue weighted by Crippen LogP contribution is -2.47. The molecule has 1 aliphatic heterocycles. The van der Waals surface area contributed by atoms with Gasteiger partial charge in [0, 0.05) is 57.6 Å². The summed E-state index contributed by atoms with van der Waals surface area (Å²) in [6.45, 7) is 4.14. The third-order valence-corrected chi connectivity index (χ3v) is 4.37. The number of methoxy groups -OCH3 is 1. The van der Waals surface area contributed by atoms with Crippen molar-refractivity contribution < 1.29 is 9.53 Å². The van der Waals surface area contributed by atoms with E-state index in [2.05, 4.69) is 22.1 Å². The number of ether oxygens (including phenoxy) is 1. The molecule has 0 bridgehead atoms. The molecule has 132 valence electrons. The van der Waals surface area contributed by atoms with Crippen LogP contribution in [-0.2, 0) is 18.4 Å². The average molecular weight is 340 g/mol. The molecule has 0 spiro atoms. The van der Waals surface area contributed by atoms with Crippen LogP contribution in [-0.4, -0.2) is 58.8 Å². The molecule has 1 fully saturated rings. The molecule has 0 atom stereocenters. The Hall–Kier alpha value is -2.60. The Morgan fingerprint density at radius 2 is 2.08 bits per heavy atom. The van der Waals surface area contributed by atoms with Crippen LogP contribution in [0.25, 0.3) is 6.08 Å². The van der Waals surface area contributed by atoms with Gasteiger partial charge in [0.2, 0.25) is 5.91 Å². The van der Waals surface area contributed by atoms with E-state index in [1.807, 2.05) is 36.4 Å². The van der Waals surface area contributed by atoms with Crippen LogP contribution in [0.3, 0.4) is 0 Å². The number of benzene rings is 1. The Bertz CT molecular complexity index is 745. The normalized spacial score (nSPS) is 15.7. The monoisotopic (exact) mass is 340 g/mol. The molecule has 1 saturated heterocycles. The fraction of sp³-hybridized carbons (Fsp3) is 0.368. The average Bonchev–Trinajstić information content (AvgIpc) is 3.06. The first-order chi connectivity index (χ1) is 12.1. The first kappa shape index (κ1) is 17.2. The molecule has 1 aromatic carbocycles. The van der Waals surface area contributed by atoms with Crippen molar-refractivity contribution in [2.45, 2.75) is 6.54 Å². The summed E-state index contributed by atoms with van der Waals surface area (Å²) in [6.07, 6.45) is 7.08. The van der Waals surface area contributed by atoms with E-state index in [0.717, 1.165) is 44.0 Å². The molecular weight excluding hydrogens is 316 g/mol. The van der Waals surface area contributed by atoms with Crippen molar-refractivity contribution in [3.8, 4) is 5.75 Å². The van der Waals surface area contributed by atoms with Crippen LogP contribution < -0.4 is 4.74 Å². The van der Waals surface area contributed by atoms with Gasteiger partial charge >= 0.3 is 0 Å². The predicted octanol–water partition coefficient (Wildman–Crippen LogP) is 1.79. The third kappa shape index (κ3) is 4.70. The van der Waals surface area contributed by atoms with Crippen LogP contribution >= 0.6 is 0 Å². The number of hydrogen-bond acceptors (Lipinski definition) is 4. The second kappa shape index (κ2) is 7.98. The highest BCUT2D eigenvalue weighted by atomic mass is 16.5. The molecule has 1 aliphatic rings. The van der Waals surface area contributed by atoms with Gasteiger partial charge in [0.15, 0.2) is 0 Å². The van der Waals surface area contributed by atoms with Gasteiger partial charge in [-0.25, -0.2) is 0 Å². The summed E-state index contributed by atoms with van der Waals surface area (Å²) in [5.74, 6) is 0.941. The lowest BCUT2D eigenvalue weighted by molar-refractivity contribution is -0.127. The van der Waals surface area contributed by atoms with Gasteiger partial charge in [-0.15, -0.1) is 0 Å². The molecule has 2 aromatic rings. The summed E-state index contributed by atoms with van der Waals surface area (Å²) in [6, 6.07) is 8.14. The van der Waals surface area contributed by atoms with E-state index in [4.69, 9.17) is 4.74 Å². The van der Waals surface area contributed by atoms with Crippen molar-refractivity contribution in [3.05, 3.63) is 53.9 Å². The molecule has 1 aromatic heterocycles. The Labute approximate surface area is 148 Å². The van der Waals surface area contributed by atoms with Crippen molar-refractivity contribution >= 4 is 12.0 Å². The number of nitrogens with zero attached hydrogens (tertiary/aromatic N) is 4. The molecular formula is C19H24N4O2. The van der Waals surface area contributed by atoms with Gasteiger partial charge in [-0.1, -0.05) is 12.1 Å². The molecule has 2 heterocycles. The summed E-state index contributed by atoms with van der Waals surface area (Å²) < 4.78 is 7.00. The summed E-state index contributed by atoms with van der Waals surface area (Å²) in [5.41, 5.74) is 2.17. The molecule has 3 rings (SSSR count). The van der Waals surface area contributed by atoms with E-state index in [1.54, 1.807) is 24.1 Å². The van der Waals surface area contributed by atoms with Gasteiger partial charge in [-0.3, -0.25) is 14.4 Å². The summed E-state index contributed by atoms with van der Waals surface area (Å²) in [4.78, 5) is 16.6. The maximum atomic E-state index is 12.3. The van der Waals surface area contributed by atoms with E-state index < -0.39 is 0 Å². The highest BCUT2D eigenvalue weighted by Gasteiger charge is 2.19. The van der Waals surface area contributed by atoms with Crippen LogP contribution in [0.5, 0.6) is 5.75 Å². The Morgan fingerprint density at radius 3 is 2.76 bits per heavy atom. The van der Waals surface area contributed by atoms with Crippen molar-refractivity contribution in [1.82, 2.24) is 19.6 Å². The first-order valence-corrected chi connectivity index (χ1v) is 8.45. The fourth-order valence-corrected chi connectivity index (χ4v) is 2.95. The van der Waals surface area contributed by atoms with E-state index in [-0.39, 0.29) is 5.91 Å². The zero-order valence-electron chi connectivity index (χ0n) is 14.8. The van der Waals surface area contributed by atoms with Crippen LogP contribution in [0.2, 0.25) is 0 Å². The van der Waals surface area contributed by atoms with Crippen LogP contribution in [0.15, 0.2) is 42.7 Å². The summed E-state index contributed by atoms with van der Waals surface area (Å²) in [7, 11) is 3.54. The topological polar surface area (TPSA) is 50.6 Å². The van der Waals surface area contributed by atoms with Crippen molar-refractivity contribution in [3.63, 3.8) is 0 Å². The number of carbonyl (C=O) groups excluding carboxylic acids is 1. The quantitative estimate of drug-likeness (QED) is 0.779. The third-order valence-electron chi connectivity index (χ3n) is 4.37. The Kier molecular flexibility index (Phi) is 5.50. The minimum atomic E-state index is 0.0601. The zero-order chi connectivity index (χ0) is 17.6. The van der Waals surface area contributed by atoms with Crippen molar-refractivity contribution in [2.75, 3.05) is 33.3 Å². The standard InChI is InChI=1S/C19H24N4O2/c1-21-14-17(13-20-21)6-7-19(24)23-10-8-22(9-11-23)15-16-4-3-5-18(12-16)25-2/h3-7,12-14H,8-11,15H2,1-2H3/b7-6+. The molecule has 6 nitrogen and oxygen atoms in total. The number of amides is 1. The number of aryl methyl sites for hydroxylation is 1. The smallest absolute Gasteiger partial charge is 0.246 e. The molecule has 25 heavy (non-hydrogen) atoms. The summed E-state index contributed by atoms with van der Waals surface area (Å²) in [5, 5.41) is 4.09. The summed E-state index contributed by atoms with van der Waals surface area (Å²) >= 11 is 0. The van der Waals surface area contributed by atoms with E-state index >= 15 is 0 Å². The van der Waals surface area contributed by atoms with Gasteiger partial charge in [-0.2, -0.15) is 5.10 Å². The van der Waals surface area contributed by atoms with Gasteiger partial charge in [0.25, 0.3) is 0 Å². The van der Waals surface area contributed by atoms with Crippen LogP contribution in [0, 0.1) is 0 Å². The highest BCUT2D eigenvalue weighted by Crippen LogP contribution is 2.15. The number of hydrogen-bond donors (Lipinski definition) is 0. The fourth-order valence-electron chi connectivity index (χ4n) is 2.95. The second-order valence-electron chi connectivity index (χ2n) is 6.23. The number of rotatable bonds is 5. The van der Waals surface area contributed by atoms with Crippen LogP contribution in [0.1, 0.15) is 11.1 Å².